The smallest absolute Gasteiger partial charge is 0.302 e. The SMILES string of the molecule is CCCc1nc(Cn2ccn(C)c2=O)cs1. The quantitative estimate of drug-likeness (QED) is 0.811. The first kappa shape index (κ1) is 11.1. The molecule has 2 aromatic heterocycles. The number of rotatable bonds is 4. The van der Waals surface area contributed by atoms with Gasteiger partial charge in [-0.25, -0.2) is 9.78 Å². The van der Waals surface area contributed by atoms with Gasteiger partial charge in [0.05, 0.1) is 17.2 Å². The zero-order valence-corrected chi connectivity index (χ0v) is 10.3. The van der Waals surface area contributed by atoms with Gasteiger partial charge in [-0.1, -0.05) is 6.92 Å². The fourth-order valence-electron chi connectivity index (χ4n) is 1.56. The van der Waals surface area contributed by atoms with Crippen LogP contribution in [0.2, 0.25) is 0 Å². The molecule has 0 saturated carbocycles. The third-order valence-corrected chi connectivity index (χ3v) is 3.37. The van der Waals surface area contributed by atoms with Crippen LogP contribution >= 0.6 is 11.3 Å². The molecule has 0 amide bonds. The lowest BCUT2D eigenvalue weighted by atomic mass is 10.3. The predicted molar refractivity (Wildman–Crippen MR) is 64.9 cm³/mol. The highest BCUT2D eigenvalue weighted by molar-refractivity contribution is 7.09. The second kappa shape index (κ2) is 4.65. The minimum absolute atomic E-state index is 0.00467. The third-order valence-electron chi connectivity index (χ3n) is 2.41. The van der Waals surface area contributed by atoms with Crippen molar-refractivity contribution >= 4 is 11.3 Å². The number of thiazole rings is 1. The standard InChI is InChI=1S/C11H15N3OS/c1-3-4-10-12-9(8-16-10)7-14-6-5-13(2)11(14)15/h5-6,8H,3-4,7H2,1-2H3. The van der Waals surface area contributed by atoms with Crippen LogP contribution in [0.3, 0.4) is 0 Å². The van der Waals surface area contributed by atoms with Crippen molar-refractivity contribution in [3.63, 3.8) is 0 Å². The summed E-state index contributed by atoms with van der Waals surface area (Å²) < 4.78 is 3.24. The largest absolute Gasteiger partial charge is 0.328 e. The van der Waals surface area contributed by atoms with Crippen molar-refractivity contribution in [3.05, 3.63) is 39.0 Å². The van der Waals surface area contributed by atoms with Gasteiger partial charge in [0.15, 0.2) is 0 Å². The Hall–Kier alpha value is -1.36. The molecule has 0 bridgehead atoms. The van der Waals surface area contributed by atoms with Crippen LogP contribution in [0.25, 0.3) is 0 Å². The first-order valence-corrected chi connectivity index (χ1v) is 6.23. The molecule has 0 N–H and O–H groups in total. The average molecular weight is 237 g/mol. The van der Waals surface area contributed by atoms with E-state index in [0.717, 1.165) is 23.5 Å². The Morgan fingerprint density at radius 3 is 2.88 bits per heavy atom. The number of aryl methyl sites for hydroxylation is 2. The summed E-state index contributed by atoms with van der Waals surface area (Å²) in [6, 6.07) is 0. The summed E-state index contributed by atoms with van der Waals surface area (Å²) in [6.45, 7) is 2.71. The molecule has 2 aromatic rings. The van der Waals surface area contributed by atoms with Gasteiger partial charge in [-0.3, -0.25) is 4.57 Å². The second-order valence-electron chi connectivity index (χ2n) is 3.80. The minimum Gasteiger partial charge on any atom is -0.302 e. The molecule has 0 radical (unpaired) electrons. The van der Waals surface area contributed by atoms with E-state index in [2.05, 4.69) is 11.9 Å². The molecule has 0 saturated heterocycles. The molecule has 0 aliphatic rings. The minimum atomic E-state index is 0.00467. The van der Waals surface area contributed by atoms with Crippen molar-refractivity contribution in [1.29, 1.82) is 0 Å². The molecule has 0 spiro atoms. The van der Waals surface area contributed by atoms with Gasteiger partial charge in [-0.2, -0.15) is 0 Å². The summed E-state index contributed by atoms with van der Waals surface area (Å²) in [7, 11) is 1.75. The Balaban J connectivity index is 2.14. The van der Waals surface area contributed by atoms with E-state index in [1.165, 1.54) is 0 Å². The summed E-state index contributed by atoms with van der Waals surface area (Å²) >= 11 is 1.67. The van der Waals surface area contributed by atoms with Gasteiger partial charge in [0, 0.05) is 24.8 Å². The molecular formula is C11H15N3OS. The highest BCUT2D eigenvalue weighted by Gasteiger charge is 2.04. The van der Waals surface area contributed by atoms with Gasteiger partial charge in [0.2, 0.25) is 0 Å². The highest BCUT2D eigenvalue weighted by atomic mass is 32.1. The molecule has 0 fully saturated rings. The van der Waals surface area contributed by atoms with Crippen molar-refractivity contribution in [2.45, 2.75) is 26.3 Å². The Bertz CT molecular complexity index is 523. The molecule has 2 rings (SSSR count). The van der Waals surface area contributed by atoms with E-state index in [1.54, 1.807) is 39.9 Å². The normalized spacial score (nSPS) is 10.9. The van der Waals surface area contributed by atoms with Gasteiger partial charge in [-0.15, -0.1) is 11.3 Å². The molecule has 16 heavy (non-hydrogen) atoms. The summed E-state index contributed by atoms with van der Waals surface area (Å²) in [5, 5.41) is 3.19. The fraction of sp³-hybridized carbons (Fsp3) is 0.455. The molecule has 0 unspecified atom stereocenters. The van der Waals surface area contributed by atoms with Gasteiger partial charge < -0.3 is 4.57 Å². The molecule has 2 heterocycles. The van der Waals surface area contributed by atoms with Crippen LogP contribution in [0.15, 0.2) is 22.6 Å². The number of nitrogens with zero attached hydrogens (tertiary/aromatic N) is 3. The highest BCUT2D eigenvalue weighted by Crippen LogP contribution is 2.12. The van der Waals surface area contributed by atoms with E-state index in [0.29, 0.717) is 6.54 Å². The van der Waals surface area contributed by atoms with Gasteiger partial charge >= 0.3 is 5.69 Å². The zero-order valence-electron chi connectivity index (χ0n) is 9.51. The second-order valence-corrected chi connectivity index (χ2v) is 4.74. The van der Waals surface area contributed by atoms with Crippen LogP contribution in [-0.4, -0.2) is 14.1 Å². The van der Waals surface area contributed by atoms with Crippen LogP contribution in [0, 0.1) is 0 Å². The lowest BCUT2D eigenvalue weighted by Gasteiger charge is -1.96. The molecule has 0 aromatic carbocycles. The van der Waals surface area contributed by atoms with E-state index in [9.17, 15) is 4.79 Å². The predicted octanol–water partition coefficient (Wildman–Crippen LogP) is 1.64. The van der Waals surface area contributed by atoms with E-state index in [1.807, 2.05) is 5.38 Å². The third kappa shape index (κ3) is 2.24. The summed E-state index contributed by atoms with van der Waals surface area (Å²) in [5.41, 5.74) is 0.979. The van der Waals surface area contributed by atoms with Crippen molar-refractivity contribution in [3.8, 4) is 0 Å². The Morgan fingerprint density at radius 1 is 1.44 bits per heavy atom. The summed E-state index contributed by atoms with van der Waals surface area (Å²) in [5.74, 6) is 0. The number of imidazole rings is 1. The van der Waals surface area contributed by atoms with Crippen molar-refractivity contribution in [1.82, 2.24) is 14.1 Å². The molecule has 4 nitrogen and oxygen atoms in total. The van der Waals surface area contributed by atoms with E-state index < -0.39 is 0 Å². The van der Waals surface area contributed by atoms with Crippen molar-refractivity contribution < 1.29 is 0 Å². The maximum absolute atomic E-state index is 11.6. The van der Waals surface area contributed by atoms with E-state index in [-0.39, 0.29) is 5.69 Å². The maximum Gasteiger partial charge on any atom is 0.328 e. The molecule has 5 heteroatoms. The lowest BCUT2D eigenvalue weighted by Crippen LogP contribution is -2.22. The number of hydrogen-bond donors (Lipinski definition) is 0. The van der Waals surface area contributed by atoms with Crippen LogP contribution in [0.1, 0.15) is 24.0 Å². The van der Waals surface area contributed by atoms with Gasteiger partial charge in [-0.05, 0) is 12.8 Å². The first-order valence-electron chi connectivity index (χ1n) is 5.35. The fourth-order valence-corrected chi connectivity index (χ4v) is 2.45. The Kier molecular flexibility index (Phi) is 3.24. The van der Waals surface area contributed by atoms with E-state index >= 15 is 0 Å². The van der Waals surface area contributed by atoms with Gasteiger partial charge in [0.25, 0.3) is 0 Å². The first-order chi connectivity index (χ1) is 7.70. The summed E-state index contributed by atoms with van der Waals surface area (Å²) in [4.78, 5) is 16.1. The number of hydrogen-bond acceptors (Lipinski definition) is 3. The van der Waals surface area contributed by atoms with Crippen LogP contribution in [0.4, 0.5) is 0 Å². The Labute approximate surface area is 98.2 Å². The van der Waals surface area contributed by atoms with Crippen LogP contribution < -0.4 is 5.69 Å². The van der Waals surface area contributed by atoms with Crippen LogP contribution in [-0.2, 0) is 20.0 Å². The molecule has 0 atom stereocenters. The number of aromatic nitrogens is 3. The molecular weight excluding hydrogens is 222 g/mol. The van der Waals surface area contributed by atoms with Crippen molar-refractivity contribution in [2.75, 3.05) is 0 Å². The topological polar surface area (TPSA) is 39.8 Å². The molecule has 0 aliphatic heterocycles. The molecule has 0 aliphatic carbocycles. The Morgan fingerprint density at radius 2 is 2.25 bits per heavy atom. The summed E-state index contributed by atoms with van der Waals surface area (Å²) in [6.07, 6.45) is 5.69. The van der Waals surface area contributed by atoms with Crippen LogP contribution in [0.5, 0.6) is 0 Å². The molecule has 86 valence electrons. The maximum atomic E-state index is 11.6. The lowest BCUT2D eigenvalue weighted by molar-refractivity contribution is 0.705. The zero-order chi connectivity index (χ0) is 11.5. The van der Waals surface area contributed by atoms with Crippen molar-refractivity contribution in [2.24, 2.45) is 7.05 Å². The average Bonchev–Trinajstić information content (AvgIpc) is 2.82. The monoisotopic (exact) mass is 237 g/mol. The van der Waals surface area contributed by atoms with Gasteiger partial charge in [0.1, 0.15) is 0 Å². The van der Waals surface area contributed by atoms with E-state index in [4.69, 9.17) is 0 Å².